The van der Waals surface area contributed by atoms with Crippen molar-refractivity contribution in [2.24, 2.45) is 5.73 Å². The van der Waals surface area contributed by atoms with Crippen molar-refractivity contribution in [3.8, 4) is 11.5 Å². The molecule has 1 fully saturated rings. The first-order valence-electron chi connectivity index (χ1n) is 6.62. The summed E-state index contributed by atoms with van der Waals surface area (Å²) < 4.78 is 49.8. The third-order valence-electron chi connectivity index (χ3n) is 4.19. The maximum Gasteiger partial charge on any atom is 0.420 e. The molecule has 1 aromatic carbocycles. The van der Waals surface area contributed by atoms with E-state index >= 15 is 0 Å². The second kappa shape index (κ2) is 4.28. The van der Waals surface area contributed by atoms with Crippen molar-refractivity contribution in [3.05, 3.63) is 23.3 Å². The van der Waals surface area contributed by atoms with E-state index < -0.39 is 11.7 Å². The fraction of sp³-hybridized carbons (Fsp3) is 0.571. The van der Waals surface area contributed by atoms with Crippen LogP contribution in [0.15, 0.2) is 12.1 Å². The molecule has 6 heteroatoms. The van der Waals surface area contributed by atoms with Gasteiger partial charge in [-0.1, -0.05) is 6.07 Å². The van der Waals surface area contributed by atoms with Gasteiger partial charge in [-0.3, -0.25) is 0 Å². The van der Waals surface area contributed by atoms with Gasteiger partial charge in [-0.05, 0) is 25.8 Å². The first-order chi connectivity index (χ1) is 9.36. The highest BCUT2D eigenvalue weighted by molar-refractivity contribution is 5.58. The number of rotatable bonds is 2. The van der Waals surface area contributed by atoms with Crippen LogP contribution in [0, 0.1) is 0 Å². The van der Waals surface area contributed by atoms with E-state index in [4.69, 9.17) is 15.2 Å². The number of nitrogens with two attached hydrogens (primary N) is 1. The monoisotopic (exact) mass is 287 g/mol. The molecule has 1 aliphatic carbocycles. The molecule has 1 heterocycles. The number of alkyl halides is 3. The highest BCUT2D eigenvalue weighted by Gasteiger charge is 2.51. The van der Waals surface area contributed by atoms with E-state index in [1.807, 2.05) is 6.92 Å². The lowest BCUT2D eigenvalue weighted by Gasteiger charge is -2.29. The van der Waals surface area contributed by atoms with Gasteiger partial charge in [0.15, 0.2) is 11.5 Å². The predicted octanol–water partition coefficient (Wildman–Crippen LogP) is 2.86. The molecule has 0 saturated heterocycles. The second-order valence-electron chi connectivity index (χ2n) is 5.46. The zero-order valence-electron chi connectivity index (χ0n) is 11.1. The Bertz CT molecular complexity index is 536. The summed E-state index contributed by atoms with van der Waals surface area (Å²) in [6.07, 6.45) is -2.72. The molecule has 0 bridgehead atoms. The van der Waals surface area contributed by atoms with E-state index in [1.54, 1.807) is 0 Å². The zero-order chi connectivity index (χ0) is 14.5. The molecule has 2 N–H and O–H groups in total. The van der Waals surface area contributed by atoms with Crippen molar-refractivity contribution < 1.29 is 22.6 Å². The number of fused-ring (bicyclic) bond motifs is 1. The molecular weight excluding hydrogens is 271 g/mol. The quantitative estimate of drug-likeness (QED) is 0.909. The molecule has 3 rings (SSSR count). The van der Waals surface area contributed by atoms with Crippen molar-refractivity contribution in [1.82, 2.24) is 0 Å². The van der Waals surface area contributed by atoms with E-state index in [0.29, 0.717) is 0 Å². The lowest BCUT2D eigenvalue weighted by atomic mass is 9.87. The Balaban J connectivity index is 2.15. The summed E-state index contributed by atoms with van der Waals surface area (Å²) in [6, 6.07) is 2.44. The lowest BCUT2D eigenvalue weighted by molar-refractivity contribution is -0.139. The van der Waals surface area contributed by atoms with Crippen LogP contribution in [-0.2, 0) is 11.6 Å². The fourth-order valence-electron chi connectivity index (χ4n) is 2.86. The van der Waals surface area contributed by atoms with Gasteiger partial charge in [0.25, 0.3) is 0 Å². The number of hydrogen-bond donors (Lipinski definition) is 1. The Hall–Kier alpha value is -1.43. The molecule has 20 heavy (non-hydrogen) atoms. The Labute approximate surface area is 114 Å². The summed E-state index contributed by atoms with van der Waals surface area (Å²) in [5.74, 6) is 0.0362. The summed E-state index contributed by atoms with van der Waals surface area (Å²) in [4.78, 5) is 0. The normalized spacial score (nSPS) is 21.4. The molecule has 0 spiro atoms. The Morgan fingerprint density at radius 3 is 2.25 bits per heavy atom. The number of ether oxygens (including phenoxy) is 2. The maximum absolute atomic E-state index is 13.0. The molecule has 0 aromatic heterocycles. The minimum Gasteiger partial charge on any atom is -0.486 e. The smallest absolute Gasteiger partial charge is 0.420 e. The van der Waals surface area contributed by atoms with Crippen LogP contribution in [0.4, 0.5) is 13.2 Å². The van der Waals surface area contributed by atoms with Crippen molar-refractivity contribution in [2.45, 2.75) is 37.4 Å². The molecule has 1 aliphatic heterocycles. The molecule has 1 saturated carbocycles. The average molecular weight is 287 g/mol. The molecule has 1 atom stereocenters. The molecular formula is C14H16F3NO2. The van der Waals surface area contributed by atoms with E-state index in [2.05, 4.69) is 0 Å². The Morgan fingerprint density at radius 1 is 1.15 bits per heavy atom. The molecule has 0 amide bonds. The Kier molecular flexibility index (Phi) is 2.90. The van der Waals surface area contributed by atoms with Crippen LogP contribution in [0.5, 0.6) is 11.5 Å². The van der Waals surface area contributed by atoms with Gasteiger partial charge in [0.2, 0.25) is 0 Å². The van der Waals surface area contributed by atoms with Gasteiger partial charge in [0.05, 0.1) is 0 Å². The lowest BCUT2D eigenvalue weighted by Crippen LogP contribution is -2.33. The van der Waals surface area contributed by atoms with Crippen LogP contribution < -0.4 is 15.2 Å². The van der Waals surface area contributed by atoms with Gasteiger partial charge in [0, 0.05) is 17.0 Å². The topological polar surface area (TPSA) is 44.5 Å². The zero-order valence-corrected chi connectivity index (χ0v) is 11.1. The summed E-state index contributed by atoms with van der Waals surface area (Å²) in [5.41, 5.74) is 5.70. The van der Waals surface area contributed by atoms with Gasteiger partial charge in [-0.25, -0.2) is 0 Å². The second-order valence-corrected chi connectivity index (χ2v) is 5.46. The summed E-state index contributed by atoms with van der Waals surface area (Å²) in [5, 5.41) is 0. The minimum atomic E-state index is -4.45. The van der Waals surface area contributed by atoms with Gasteiger partial charge >= 0.3 is 6.18 Å². The predicted molar refractivity (Wildman–Crippen MR) is 67.0 cm³/mol. The highest BCUT2D eigenvalue weighted by atomic mass is 19.4. The van der Waals surface area contributed by atoms with Crippen LogP contribution in [0.1, 0.15) is 30.9 Å². The van der Waals surface area contributed by atoms with E-state index in [1.165, 1.54) is 6.07 Å². The SMILES string of the molecule is CC(N)C1(c2ccc(C(F)(F)F)c3c2OCCO3)CC1. The fourth-order valence-corrected chi connectivity index (χ4v) is 2.86. The third kappa shape index (κ3) is 1.93. The van der Waals surface area contributed by atoms with E-state index in [9.17, 15) is 13.2 Å². The van der Waals surface area contributed by atoms with Crippen molar-refractivity contribution in [1.29, 1.82) is 0 Å². The summed E-state index contributed by atoms with van der Waals surface area (Å²) in [7, 11) is 0. The first kappa shape index (κ1) is 13.5. The largest absolute Gasteiger partial charge is 0.486 e. The number of halogens is 3. The van der Waals surface area contributed by atoms with Crippen molar-refractivity contribution >= 4 is 0 Å². The van der Waals surface area contributed by atoms with Crippen LogP contribution in [0.2, 0.25) is 0 Å². The Morgan fingerprint density at radius 2 is 1.75 bits per heavy atom. The van der Waals surface area contributed by atoms with Crippen molar-refractivity contribution in [2.75, 3.05) is 13.2 Å². The van der Waals surface area contributed by atoms with Gasteiger partial charge in [0.1, 0.15) is 18.8 Å². The highest BCUT2D eigenvalue weighted by Crippen LogP contribution is 2.57. The third-order valence-corrected chi connectivity index (χ3v) is 4.19. The maximum atomic E-state index is 13.0. The first-order valence-corrected chi connectivity index (χ1v) is 6.62. The van der Waals surface area contributed by atoms with E-state index in [-0.39, 0.29) is 36.2 Å². The molecule has 3 nitrogen and oxygen atoms in total. The van der Waals surface area contributed by atoms with Gasteiger partial charge in [-0.15, -0.1) is 0 Å². The summed E-state index contributed by atoms with van der Waals surface area (Å²) >= 11 is 0. The molecule has 0 radical (unpaired) electrons. The number of benzene rings is 1. The van der Waals surface area contributed by atoms with Crippen LogP contribution in [-0.4, -0.2) is 19.3 Å². The van der Waals surface area contributed by atoms with Crippen LogP contribution in [0.25, 0.3) is 0 Å². The molecule has 1 unspecified atom stereocenters. The minimum absolute atomic E-state index is 0.130. The van der Waals surface area contributed by atoms with Gasteiger partial charge in [-0.2, -0.15) is 13.2 Å². The standard InChI is InChI=1S/C14H16F3NO2/c1-8(18)13(4-5-13)9-2-3-10(14(15,16)17)12-11(9)19-6-7-20-12/h2-3,8H,4-7,18H2,1H3. The average Bonchev–Trinajstić information content (AvgIpc) is 3.17. The van der Waals surface area contributed by atoms with E-state index in [0.717, 1.165) is 24.5 Å². The molecule has 2 aliphatic rings. The molecule has 1 aromatic rings. The van der Waals surface area contributed by atoms with Crippen LogP contribution >= 0.6 is 0 Å². The number of hydrogen-bond acceptors (Lipinski definition) is 3. The van der Waals surface area contributed by atoms with Gasteiger partial charge < -0.3 is 15.2 Å². The van der Waals surface area contributed by atoms with Crippen molar-refractivity contribution in [3.63, 3.8) is 0 Å². The summed E-state index contributed by atoms with van der Waals surface area (Å²) in [6.45, 7) is 2.27. The molecule has 110 valence electrons. The van der Waals surface area contributed by atoms with Crippen LogP contribution in [0.3, 0.4) is 0 Å².